The summed E-state index contributed by atoms with van der Waals surface area (Å²) in [5.74, 6) is -0.525. The highest BCUT2D eigenvalue weighted by molar-refractivity contribution is 5.91. The van der Waals surface area contributed by atoms with E-state index in [1.54, 1.807) is 0 Å². The van der Waals surface area contributed by atoms with Crippen LogP contribution in [0.5, 0.6) is 0 Å². The average Bonchev–Trinajstić information content (AvgIpc) is 3.10. The van der Waals surface area contributed by atoms with Crippen LogP contribution >= 0.6 is 0 Å². The molecule has 2 saturated carbocycles. The smallest absolute Gasteiger partial charge is 0.331 e. The van der Waals surface area contributed by atoms with Gasteiger partial charge in [0.15, 0.2) is 0 Å². The maximum atomic E-state index is 12.7. The highest BCUT2D eigenvalue weighted by Gasteiger charge is 2.20. The van der Waals surface area contributed by atoms with Crippen molar-refractivity contribution in [2.75, 3.05) is 26.3 Å². The minimum Gasteiger partial charge on any atom is -0.460 e. The lowest BCUT2D eigenvalue weighted by Crippen LogP contribution is -2.42. The zero-order valence-electron chi connectivity index (χ0n) is 26.6. The Hall–Kier alpha value is -4.34. The van der Waals surface area contributed by atoms with E-state index in [1.807, 2.05) is 60.7 Å². The monoisotopic (exact) mass is 632 g/mol. The number of carbonyl (C=O) groups excluding carboxylic acids is 4. The molecule has 0 heterocycles. The van der Waals surface area contributed by atoms with Gasteiger partial charge >= 0.3 is 24.0 Å². The van der Waals surface area contributed by atoms with Gasteiger partial charge in [0, 0.05) is 25.2 Å². The molecule has 2 aliphatic carbocycles. The molecule has 2 aromatic rings. The number of benzene rings is 2. The first-order valence-corrected chi connectivity index (χ1v) is 16.7. The lowest BCUT2D eigenvalue weighted by molar-refractivity contribution is -0.141. The fourth-order valence-electron chi connectivity index (χ4n) is 6.05. The number of hydrogen-bond donors (Lipinski definition) is 4. The molecule has 2 fully saturated rings. The highest BCUT2D eigenvalue weighted by atomic mass is 16.5. The molecule has 0 aliphatic heterocycles. The lowest BCUT2D eigenvalue weighted by Gasteiger charge is -2.23. The largest absolute Gasteiger partial charge is 0.460 e. The highest BCUT2D eigenvalue weighted by Crippen LogP contribution is 2.24. The van der Waals surface area contributed by atoms with Gasteiger partial charge < -0.3 is 30.7 Å². The van der Waals surface area contributed by atoms with Crippen LogP contribution in [0.1, 0.15) is 87.4 Å². The minimum absolute atomic E-state index is 0.116. The summed E-state index contributed by atoms with van der Waals surface area (Å²) in [7, 11) is 0. The molecule has 4 rings (SSSR count). The van der Waals surface area contributed by atoms with E-state index >= 15 is 0 Å². The van der Waals surface area contributed by atoms with E-state index in [1.165, 1.54) is 38.5 Å². The maximum absolute atomic E-state index is 12.7. The topological polar surface area (TPSA) is 135 Å². The second-order valence-corrected chi connectivity index (χ2v) is 12.2. The third-order valence-corrected chi connectivity index (χ3v) is 8.71. The van der Waals surface area contributed by atoms with Crippen molar-refractivity contribution in [2.24, 2.45) is 11.8 Å². The Balaban J connectivity index is 1.23. The summed E-state index contributed by atoms with van der Waals surface area (Å²) in [6.07, 6.45) is 13.7. The predicted molar refractivity (Wildman–Crippen MR) is 176 cm³/mol. The summed E-state index contributed by atoms with van der Waals surface area (Å²) in [5, 5.41) is 11.7. The molecule has 0 spiro atoms. The van der Waals surface area contributed by atoms with Crippen molar-refractivity contribution >= 4 is 24.0 Å². The van der Waals surface area contributed by atoms with Gasteiger partial charge in [-0.3, -0.25) is 0 Å². The molecule has 0 bridgehead atoms. The van der Waals surface area contributed by atoms with Crippen LogP contribution in [0.2, 0.25) is 0 Å². The molecule has 4 N–H and O–H groups in total. The van der Waals surface area contributed by atoms with Crippen molar-refractivity contribution in [3.63, 3.8) is 0 Å². The number of urea groups is 2. The second kappa shape index (κ2) is 19.2. The van der Waals surface area contributed by atoms with Gasteiger partial charge in [-0.25, -0.2) is 19.2 Å². The number of rotatable bonds is 14. The maximum Gasteiger partial charge on any atom is 0.331 e. The third-order valence-electron chi connectivity index (χ3n) is 8.71. The first-order chi connectivity index (χ1) is 22.5. The summed E-state index contributed by atoms with van der Waals surface area (Å²) in [5.41, 5.74) is 1.57. The molecule has 248 valence electrons. The van der Waals surface area contributed by atoms with Gasteiger partial charge in [-0.15, -0.1) is 0 Å². The van der Waals surface area contributed by atoms with Gasteiger partial charge in [0.25, 0.3) is 0 Å². The Bertz CT molecular complexity index is 1160. The Labute approximate surface area is 272 Å². The molecule has 0 radical (unpaired) electrons. The van der Waals surface area contributed by atoms with Crippen LogP contribution in [0.3, 0.4) is 0 Å². The van der Waals surface area contributed by atoms with Crippen molar-refractivity contribution in [2.45, 2.75) is 76.3 Å². The molecule has 0 unspecified atom stereocenters. The van der Waals surface area contributed by atoms with Gasteiger partial charge in [0.1, 0.15) is 13.2 Å². The molecule has 2 aromatic carbocycles. The molecule has 10 heteroatoms. The van der Waals surface area contributed by atoms with Crippen molar-refractivity contribution in [1.82, 2.24) is 21.3 Å². The number of esters is 2. The molecule has 46 heavy (non-hydrogen) atoms. The van der Waals surface area contributed by atoms with Crippen LogP contribution in [0.25, 0.3) is 0 Å². The van der Waals surface area contributed by atoms with Crippen LogP contribution in [-0.2, 0) is 19.1 Å². The number of ether oxygens (including phenoxy) is 2. The summed E-state index contributed by atoms with van der Waals surface area (Å²) in [6.45, 7) is 0.998. The van der Waals surface area contributed by atoms with Crippen LogP contribution in [0.15, 0.2) is 72.8 Å². The molecule has 4 amide bonds. The van der Waals surface area contributed by atoms with Gasteiger partial charge in [-0.2, -0.15) is 0 Å². The Morgan fingerprint density at radius 3 is 1.33 bits per heavy atom. The normalized spacial score (nSPS) is 17.0. The minimum atomic E-state index is -0.748. The number of nitrogens with one attached hydrogen (secondary N) is 4. The van der Waals surface area contributed by atoms with Crippen LogP contribution in [0, 0.1) is 11.8 Å². The lowest BCUT2D eigenvalue weighted by atomic mass is 9.89. The molecule has 2 atom stereocenters. The fraction of sp³-hybridized carbons (Fsp3) is 0.500. The van der Waals surface area contributed by atoms with E-state index in [0.717, 1.165) is 49.0 Å². The molecule has 0 aromatic heterocycles. The quantitative estimate of drug-likeness (QED) is 0.152. The molecule has 2 aliphatic rings. The SMILES string of the molecule is O=C(NCC1CCCCC1)N[C@H](COC(=O)/C=C/C(=O)OC[C@@H](NC(=O)NCC1CCCCC1)c1ccccc1)c1ccccc1. The zero-order chi connectivity index (χ0) is 32.4. The first-order valence-electron chi connectivity index (χ1n) is 16.7. The van der Waals surface area contributed by atoms with Crippen molar-refractivity contribution in [3.05, 3.63) is 83.9 Å². The van der Waals surface area contributed by atoms with Crippen molar-refractivity contribution in [1.29, 1.82) is 0 Å². The standard InChI is InChI=1S/C36H48N4O6/c41-33(45-25-31(29-17-9-3-10-18-29)39-35(43)37-23-27-13-5-1-6-14-27)21-22-34(42)46-26-32(30-19-11-4-12-20-30)40-36(44)38-24-28-15-7-2-8-16-28/h3-4,9-12,17-22,27-28,31-32H,1-2,5-8,13-16,23-26H2,(H2,37,39,43)(H2,38,40,44)/b22-21+/t31-,32-/m1/s1. The van der Waals surface area contributed by atoms with E-state index in [0.29, 0.717) is 24.9 Å². The summed E-state index contributed by atoms with van der Waals surface area (Å²) >= 11 is 0. The number of amides is 4. The van der Waals surface area contributed by atoms with E-state index in [9.17, 15) is 19.2 Å². The molecular formula is C36H48N4O6. The van der Waals surface area contributed by atoms with Gasteiger partial charge in [0.2, 0.25) is 0 Å². The first kappa shape index (κ1) is 34.5. The third kappa shape index (κ3) is 12.6. The van der Waals surface area contributed by atoms with E-state index in [-0.39, 0.29) is 25.3 Å². The van der Waals surface area contributed by atoms with Gasteiger partial charge in [-0.05, 0) is 48.6 Å². The molecule has 0 saturated heterocycles. The van der Waals surface area contributed by atoms with Crippen LogP contribution in [0.4, 0.5) is 9.59 Å². The van der Waals surface area contributed by atoms with E-state index < -0.39 is 24.0 Å². The van der Waals surface area contributed by atoms with Crippen LogP contribution < -0.4 is 21.3 Å². The summed E-state index contributed by atoms with van der Waals surface area (Å²) in [4.78, 5) is 50.3. The Morgan fingerprint density at radius 2 is 0.957 bits per heavy atom. The average molecular weight is 633 g/mol. The Kier molecular flexibility index (Phi) is 14.4. The van der Waals surface area contributed by atoms with Crippen molar-refractivity contribution in [3.8, 4) is 0 Å². The predicted octanol–water partition coefficient (Wildman–Crippen LogP) is 5.87. The molecule has 10 nitrogen and oxygen atoms in total. The zero-order valence-corrected chi connectivity index (χ0v) is 26.6. The summed E-state index contributed by atoms with van der Waals surface area (Å²) in [6, 6.07) is 16.7. The van der Waals surface area contributed by atoms with Crippen molar-refractivity contribution < 1.29 is 28.7 Å². The Morgan fingerprint density at radius 1 is 0.587 bits per heavy atom. The number of hydrogen-bond acceptors (Lipinski definition) is 6. The molecular weight excluding hydrogens is 584 g/mol. The fourth-order valence-corrected chi connectivity index (χ4v) is 6.05. The number of carbonyl (C=O) groups is 4. The van der Waals surface area contributed by atoms with Gasteiger partial charge in [0.05, 0.1) is 12.1 Å². The van der Waals surface area contributed by atoms with Gasteiger partial charge in [-0.1, -0.05) is 99.2 Å². The van der Waals surface area contributed by atoms with E-state index in [4.69, 9.17) is 9.47 Å². The van der Waals surface area contributed by atoms with Crippen LogP contribution in [-0.4, -0.2) is 50.3 Å². The second-order valence-electron chi connectivity index (χ2n) is 12.2. The van der Waals surface area contributed by atoms with E-state index in [2.05, 4.69) is 21.3 Å². The summed E-state index contributed by atoms with van der Waals surface area (Å²) < 4.78 is 10.8.